The van der Waals surface area contributed by atoms with Crippen LogP contribution >= 0.6 is 31.9 Å². The van der Waals surface area contributed by atoms with E-state index < -0.39 is 10.7 Å². The topological polar surface area (TPSA) is 55.2 Å². The second-order valence-electron chi connectivity index (χ2n) is 4.02. The Labute approximate surface area is 131 Å². The zero-order chi connectivity index (χ0) is 14.7. The molecular weight excluding hydrogens is 395 g/mol. The van der Waals surface area contributed by atoms with E-state index in [-0.39, 0.29) is 15.8 Å². The Bertz CT molecular complexity index is 665. The molecular formula is C13H9Br2FN2O2. The molecule has 2 aromatic carbocycles. The molecule has 0 saturated carbocycles. The van der Waals surface area contributed by atoms with Crippen molar-refractivity contribution in [1.82, 2.24) is 0 Å². The van der Waals surface area contributed by atoms with E-state index in [9.17, 15) is 14.5 Å². The van der Waals surface area contributed by atoms with Crippen molar-refractivity contribution in [1.29, 1.82) is 0 Å². The minimum absolute atomic E-state index is 0.0669. The van der Waals surface area contributed by atoms with Crippen LogP contribution in [-0.2, 0) is 6.54 Å². The number of anilines is 1. The second kappa shape index (κ2) is 6.32. The highest BCUT2D eigenvalue weighted by Crippen LogP contribution is 2.31. The molecule has 0 aliphatic heterocycles. The zero-order valence-corrected chi connectivity index (χ0v) is 13.2. The molecule has 0 aromatic heterocycles. The van der Waals surface area contributed by atoms with Crippen molar-refractivity contribution < 1.29 is 9.31 Å². The number of nitrogens with one attached hydrogen (secondary N) is 1. The number of halogens is 3. The Hall–Kier alpha value is -1.47. The van der Waals surface area contributed by atoms with Gasteiger partial charge in [0, 0.05) is 23.2 Å². The summed E-state index contributed by atoms with van der Waals surface area (Å²) >= 11 is 6.29. The third kappa shape index (κ3) is 3.55. The number of nitro benzene ring substituents is 1. The predicted octanol–water partition coefficient (Wildman–Crippen LogP) is 4.87. The standard InChI is InChI=1S/C13H9Br2FN2O2/c14-9-3-1-2-8(4-9)7-17-12-6-11(16)10(15)5-13(12)18(19)20/h1-6,17H,7H2. The van der Waals surface area contributed by atoms with Gasteiger partial charge in [0.05, 0.1) is 9.40 Å². The van der Waals surface area contributed by atoms with E-state index in [2.05, 4.69) is 37.2 Å². The van der Waals surface area contributed by atoms with E-state index in [4.69, 9.17) is 0 Å². The summed E-state index contributed by atoms with van der Waals surface area (Å²) in [5.74, 6) is -0.549. The molecule has 104 valence electrons. The molecule has 0 spiro atoms. The highest BCUT2D eigenvalue weighted by Gasteiger charge is 2.17. The van der Waals surface area contributed by atoms with Crippen LogP contribution in [0.1, 0.15) is 5.56 Å². The smallest absolute Gasteiger partial charge is 0.293 e. The lowest BCUT2D eigenvalue weighted by atomic mass is 10.2. The van der Waals surface area contributed by atoms with E-state index in [0.717, 1.165) is 22.2 Å². The van der Waals surface area contributed by atoms with Crippen molar-refractivity contribution in [3.8, 4) is 0 Å². The largest absolute Gasteiger partial charge is 0.375 e. The second-order valence-corrected chi connectivity index (χ2v) is 5.79. The average Bonchev–Trinajstić information content (AvgIpc) is 2.39. The van der Waals surface area contributed by atoms with Gasteiger partial charge in [-0.25, -0.2) is 4.39 Å². The maximum atomic E-state index is 13.5. The van der Waals surface area contributed by atoms with Crippen LogP contribution < -0.4 is 5.32 Å². The molecule has 0 amide bonds. The third-order valence-electron chi connectivity index (χ3n) is 2.61. The SMILES string of the molecule is O=[N+]([O-])c1cc(Br)c(F)cc1NCc1cccc(Br)c1. The van der Waals surface area contributed by atoms with Crippen LogP contribution in [0.25, 0.3) is 0 Å². The van der Waals surface area contributed by atoms with Crippen LogP contribution in [0.2, 0.25) is 0 Å². The minimum atomic E-state index is -0.549. The molecule has 1 N–H and O–H groups in total. The fraction of sp³-hybridized carbons (Fsp3) is 0.0769. The van der Waals surface area contributed by atoms with Crippen molar-refractivity contribution >= 4 is 43.2 Å². The van der Waals surface area contributed by atoms with Crippen molar-refractivity contribution in [3.63, 3.8) is 0 Å². The van der Waals surface area contributed by atoms with E-state index in [1.54, 1.807) is 0 Å². The molecule has 7 heteroatoms. The summed E-state index contributed by atoms with van der Waals surface area (Å²) in [6.45, 7) is 0.362. The first-order valence-electron chi connectivity index (χ1n) is 5.59. The van der Waals surface area contributed by atoms with Gasteiger partial charge in [-0.3, -0.25) is 10.1 Å². The van der Waals surface area contributed by atoms with Gasteiger partial charge >= 0.3 is 0 Å². The van der Waals surface area contributed by atoms with Crippen LogP contribution in [0, 0.1) is 15.9 Å². The number of hydrogen-bond acceptors (Lipinski definition) is 3. The van der Waals surface area contributed by atoms with Crippen LogP contribution in [0.3, 0.4) is 0 Å². The summed E-state index contributed by atoms with van der Waals surface area (Å²) < 4.78 is 14.5. The van der Waals surface area contributed by atoms with Crippen LogP contribution in [0.5, 0.6) is 0 Å². The summed E-state index contributed by atoms with van der Waals surface area (Å²) in [5.41, 5.74) is 0.904. The summed E-state index contributed by atoms with van der Waals surface area (Å²) in [6.07, 6.45) is 0. The van der Waals surface area contributed by atoms with Gasteiger partial charge in [-0.05, 0) is 33.6 Å². The van der Waals surface area contributed by atoms with Crippen LogP contribution in [-0.4, -0.2) is 4.92 Å². The monoisotopic (exact) mass is 402 g/mol. The maximum absolute atomic E-state index is 13.5. The highest BCUT2D eigenvalue weighted by molar-refractivity contribution is 9.10. The first kappa shape index (κ1) is 14.9. The Morgan fingerprint density at radius 1 is 1.25 bits per heavy atom. The molecule has 0 heterocycles. The zero-order valence-electron chi connectivity index (χ0n) is 10.1. The van der Waals surface area contributed by atoms with Gasteiger partial charge in [0.25, 0.3) is 5.69 Å². The molecule has 2 rings (SSSR count). The average molecular weight is 404 g/mol. The first-order chi connectivity index (χ1) is 9.47. The van der Waals surface area contributed by atoms with Crippen LogP contribution in [0.4, 0.5) is 15.8 Å². The molecule has 0 unspecified atom stereocenters. The lowest BCUT2D eigenvalue weighted by Crippen LogP contribution is -2.03. The van der Waals surface area contributed by atoms with Gasteiger partial charge in [0.2, 0.25) is 0 Å². The normalized spacial score (nSPS) is 10.3. The predicted molar refractivity (Wildman–Crippen MR) is 82.2 cm³/mol. The molecule has 0 fully saturated rings. The number of hydrogen-bond donors (Lipinski definition) is 1. The van der Waals surface area contributed by atoms with Crippen molar-refractivity contribution in [2.45, 2.75) is 6.54 Å². The highest BCUT2D eigenvalue weighted by atomic mass is 79.9. The minimum Gasteiger partial charge on any atom is -0.375 e. The van der Waals surface area contributed by atoms with E-state index >= 15 is 0 Å². The molecule has 2 aromatic rings. The van der Waals surface area contributed by atoms with Gasteiger partial charge < -0.3 is 5.32 Å². The van der Waals surface area contributed by atoms with Gasteiger partial charge in [0.1, 0.15) is 11.5 Å². The van der Waals surface area contributed by atoms with Crippen molar-refractivity contribution in [3.05, 3.63) is 66.8 Å². The molecule has 0 aliphatic carbocycles. The number of benzene rings is 2. The fourth-order valence-electron chi connectivity index (χ4n) is 1.67. The van der Waals surface area contributed by atoms with Crippen molar-refractivity contribution in [2.24, 2.45) is 0 Å². The fourth-order valence-corrected chi connectivity index (χ4v) is 2.45. The first-order valence-corrected chi connectivity index (χ1v) is 7.17. The molecule has 4 nitrogen and oxygen atoms in total. The quantitative estimate of drug-likeness (QED) is 0.585. The molecule has 20 heavy (non-hydrogen) atoms. The third-order valence-corrected chi connectivity index (χ3v) is 3.71. The molecule has 0 aliphatic rings. The summed E-state index contributed by atoms with van der Waals surface area (Å²) in [6, 6.07) is 9.76. The lowest BCUT2D eigenvalue weighted by molar-refractivity contribution is -0.384. The Morgan fingerprint density at radius 2 is 2.00 bits per heavy atom. The maximum Gasteiger partial charge on any atom is 0.293 e. The molecule has 0 bridgehead atoms. The van der Waals surface area contributed by atoms with Gasteiger partial charge in [-0.1, -0.05) is 28.1 Å². The summed E-state index contributed by atoms with van der Waals surface area (Å²) in [7, 11) is 0. The van der Waals surface area contributed by atoms with E-state index in [1.807, 2.05) is 24.3 Å². The summed E-state index contributed by atoms with van der Waals surface area (Å²) in [5, 5.41) is 13.8. The number of nitro groups is 1. The number of rotatable bonds is 4. The lowest BCUT2D eigenvalue weighted by Gasteiger charge is -2.08. The van der Waals surface area contributed by atoms with Gasteiger partial charge in [-0.15, -0.1) is 0 Å². The molecule has 0 saturated heterocycles. The Morgan fingerprint density at radius 3 is 2.65 bits per heavy atom. The van der Waals surface area contributed by atoms with Crippen LogP contribution in [0.15, 0.2) is 45.3 Å². The van der Waals surface area contributed by atoms with E-state index in [0.29, 0.717) is 6.54 Å². The van der Waals surface area contributed by atoms with Crippen molar-refractivity contribution in [2.75, 3.05) is 5.32 Å². The number of nitrogens with zero attached hydrogens (tertiary/aromatic N) is 1. The van der Waals surface area contributed by atoms with Gasteiger partial charge in [-0.2, -0.15) is 0 Å². The molecule has 0 atom stereocenters. The molecule has 0 radical (unpaired) electrons. The Balaban J connectivity index is 2.24. The van der Waals surface area contributed by atoms with E-state index in [1.165, 1.54) is 0 Å². The van der Waals surface area contributed by atoms with Gasteiger partial charge in [0.15, 0.2) is 0 Å². The summed E-state index contributed by atoms with van der Waals surface area (Å²) in [4.78, 5) is 10.4. The Kier molecular flexibility index (Phi) is 4.72.